The summed E-state index contributed by atoms with van der Waals surface area (Å²) in [5, 5.41) is -0.456. The second kappa shape index (κ2) is 7.95. The van der Waals surface area contributed by atoms with Gasteiger partial charge >= 0.3 is 5.97 Å². The van der Waals surface area contributed by atoms with E-state index in [4.69, 9.17) is 0 Å². The number of hydrogen-bond donors (Lipinski definition) is 0. The van der Waals surface area contributed by atoms with Crippen LogP contribution in [-0.4, -0.2) is 23.4 Å². The Hall–Kier alpha value is -1.37. The van der Waals surface area contributed by atoms with E-state index in [1.807, 2.05) is 24.3 Å². The number of ether oxygens (including phenoxy) is 1. The van der Waals surface area contributed by atoms with Crippen LogP contribution in [0.4, 0.5) is 4.39 Å². The fraction of sp³-hybridized carbons (Fsp3) is 0.235. The van der Waals surface area contributed by atoms with E-state index in [0.29, 0.717) is 11.1 Å². The number of rotatable bonds is 5. The Morgan fingerprint density at radius 3 is 2.52 bits per heavy atom. The highest BCUT2D eigenvalue weighted by Crippen LogP contribution is 2.29. The lowest BCUT2D eigenvalue weighted by atomic mass is 10.0. The van der Waals surface area contributed by atoms with Crippen LogP contribution in [0.1, 0.15) is 17.7 Å². The summed E-state index contributed by atoms with van der Waals surface area (Å²) >= 11 is 1.89. The predicted molar refractivity (Wildman–Crippen MR) is 93.0 cm³/mol. The highest BCUT2D eigenvalue weighted by atomic mass is 79.9. The standard InChI is InChI=1S/C17H16BrFO3S/c1-11(23(21)10-17(20)22-2)13-5-8-15(16(19)9-13)12-3-6-14(18)7-4-12/h3-9,11H,10H2,1-2H3. The van der Waals surface area contributed by atoms with Crippen LogP contribution in [0.3, 0.4) is 0 Å². The van der Waals surface area contributed by atoms with E-state index in [9.17, 15) is 13.7 Å². The van der Waals surface area contributed by atoms with Gasteiger partial charge in [0.2, 0.25) is 5.75 Å². The summed E-state index contributed by atoms with van der Waals surface area (Å²) in [5.74, 6) is -1.12. The average molecular weight is 399 g/mol. The lowest BCUT2D eigenvalue weighted by Gasteiger charge is -2.18. The molecule has 0 aliphatic rings. The number of carbonyl (C=O) groups excluding carboxylic acids is 1. The van der Waals surface area contributed by atoms with Gasteiger partial charge < -0.3 is 9.29 Å². The third-order valence-corrected chi connectivity index (χ3v) is 5.61. The summed E-state index contributed by atoms with van der Waals surface area (Å²) in [4.78, 5) is 11.2. The molecule has 23 heavy (non-hydrogen) atoms. The summed E-state index contributed by atoms with van der Waals surface area (Å²) in [6.07, 6.45) is 0. The molecule has 3 nitrogen and oxygen atoms in total. The van der Waals surface area contributed by atoms with Crippen LogP contribution < -0.4 is 0 Å². The molecule has 2 rings (SSSR count). The summed E-state index contributed by atoms with van der Waals surface area (Å²) in [7, 11) is 1.25. The van der Waals surface area contributed by atoms with Gasteiger partial charge in [0.05, 0.1) is 7.11 Å². The molecule has 0 aromatic heterocycles. The van der Waals surface area contributed by atoms with E-state index >= 15 is 0 Å². The molecule has 0 saturated carbocycles. The van der Waals surface area contributed by atoms with Crippen LogP contribution in [0, 0.1) is 5.82 Å². The molecule has 0 bridgehead atoms. The van der Waals surface area contributed by atoms with Gasteiger partial charge in [-0.2, -0.15) is 0 Å². The molecule has 0 radical (unpaired) electrons. The second-order valence-corrected chi connectivity index (χ2v) is 7.66. The molecule has 2 aromatic carbocycles. The molecule has 0 fully saturated rings. The minimum absolute atomic E-state index is 0.201. The summed E-state index contributed by atoms with van der Waals surface area (Å²) in [5.41, 5.74) is 1.83. The van der Waals surface area contributed by atoms with Crippen molar-refractivity contribution in [2.24, 2.45) is 0 Å². The van der Waals surface area contributed by atoms with Crippen LogP contribution in [0.15, 0.2) is 46.9 Å². The van der Waals surface area contributed by atoms with Gasteiger partial charge in [0, 0.05) is 15.6 Å². The molecular weight excluding hydrogens is 383 g/mol. The van der Waals surface area contributed by atoms with Crippen LogP contribution in [0.2, 0.25) is 0 Å². The van der Waals surface area contributed by atoms with E-state index in [1.54, 1.807) is 19.1 Å². The molecule has 2 unspecified atom stereocenters. The number of hydrogen-bond acceptors (Lipinski definition) is 3. The summed E-state index contributed by atoms with van der Waals surface area (Å²) < 4.78 is 31.9. The first kappa shape index (κ1) is 18.0. The fourth-order valence-electron chi connectivity index (χ4n) is 2.10. The van der Waals surface area contributed by atoms with Crippen molar-refractivity contribution in [1.82, 2.24) is 0 Å². The number of esters is 1. The maximum absolute atomic E-state index is 14.4. The van der Waals surface area contributed by atoms with Crippen LogP contribution >= 0.6 is 15.9 Å². The van der Waals surface area contributed by atoms with Crippen molar-refractivity contribution in [2.45, 2.75) is 12.2 Å². The Labute approximate surface area is 146 Å². The Bertz CT molecular complexity index is 691. The number of benzene rings is 2. The summed E-state index contributed by atoms with van der Waals surface area (Å²) in [6, 6.07) is 12.1. The third kappa shape index (κ3) is 4.56. The van der Waals surface area contributed by atoms with Crippen LogP contribution in [-0.2, 0) is 20.7 Å². The van der Waals surface area contributed by atoms with Gasteiger partial charge in [-0.15, -0.1) is 0 Å². The van der Waals surface area contributed by atoms with Crippen molar-refractivity contribution in [3.8, 4) is 11.1 Å². The SMILES string of the molecule is COC(=O)C[S+]([O-])C(C)c1ccc(-c2ccc(Br)cc2)c(F)c1. The smallest absolute Gasteiger partial charge is 0.356 e. The topological polar surface area (TPSA) is 49.4 Å². The highest BCUT2D eigenvalue weighted by molar-refractivity contribution is 9.10. The molecule has 0 amide bonds. The minimum atomic E-state index is -1.46. The third-order valence-electron chi connectivity index (χ3n) is 3.50. The number of methoxy groups -OCH3 is 1. The lowest BCUT2D eigenvalue weighted by molar-refractivity contribution is -0.137. The molecule has 6 heteroatoms. The monoisotopic (exact) mass is 398 g/mol. The van der Waals surface area contributed by atoms with Gasteiger partial charge in [0.25, 0.3) is 0 Å². The maximum atomic E-state index is 14.4. The number of halogens is 2. The predicted octanol–water partition coefficient (Wildman–Crippen LogP) is 4.24. The Kier molecular flexibility index (Phi) is 6.21. The van der Waals surface area contributed by atoms with Gasteiger partial charge in [0.1, 0.15) is 11.1 Å². The van der Waals surface area contributed by atoms with Crippen LogP contribution in [0.25, 0.3) is 11.1 Å². The van der Waals surface area contributed by atoms with Gasteiger partial charge in [-0.25, -0.2) is 9.18 Å². The Morgan fingerprint density at radius 1 is 1.30 bits per heavy atom. The van der Waals surface area contributed by atoms with E-state index in [0.717, 1.165) is 10.0 Å². The van der Waals surface area contributed by atoms with Crippen molar-refractivity contribution in [3.05, 3.63) is 58.3 Å². The van der Waals surface area contributed by atoms with E-state index in [1.165, 1.54) is 13.2 Å². The number of carbonyl (C=O) groups is 1. The Morgan fingerprint density at radius 2 is 1.96 bits per heavy atom. The zero-order chi connectivity index (χ0) is 17.0. The minimum Gasteiger partial charge on any atom is -0.615 e. The Balaban J connectivity index is 2.21. The second-order valence-electron chi connectivity index (χ2n) is 4.99. The van der Waals surface area contributed by atoms with Crippen molar-refractivity contribution >= 4 is 33.1 Å². The molecule has 122 valence electrons. The average Bonchev–Trinajstić information content (AvgIpc) is 2.54. The molecule has 0 aliphatic carbocycles. The van der Waals surface area contributed by atoms with Gasteiger partial charge in [-0.1, -0.05) is 40.2 Å². The summed E-state index contributed by atoms with van der Waals surface area (Å²) in [6.45, 7) is 1.70. The van der Waals surface area contributed by atoms with Crippen molar-refractivity contribution < 1.29 is 18.5 Å². The quantitative estimate of drug-likeness (QED) is 0.558. The lowest BCUT2D eigenvalue weighted by Crippen LogP contribution is -2.21. The molecular formula is C17H16BrFO3S. The fourth-order valence-corrected chi connectivity index (χ4v) is 3.41. The molecule has 0 aliphatic heterocycles. The zero-order valence-electron chi connectivity index (χ0n) is 12.7. The molecule has 2 aromatic rings. The van der Waals surface area contributed by atoms with E-state index in [2.05, 4.69) is 20.7 Å². The zero-order valence-corrected chi connectivity index (χ0v) is 15.1. The molecule has 0 heterocycles. The van der Waals surface area contributed by atoms with Gasteiger partial charge in [-0.3, -0.25) is 0 Å². The molecule has 2 atom stereocenters. The largest absolute Gasteiger partial charge is 0.615 e. The van der Waals surface area contributed by atoms with E-state index in [-0.39, 0.29) is 11.6 Å². The molecule has 0 spiro atoms. The van der Waals surface area contributed by atoms with Gasteiger partial charge in [-0.05, 0) is 41.9 Å². The van der Waals surface area contributed by atoms with Crippen molar-refractivity contribution in [1.29, 1.82) is 0 Å². The maximum Gasteiger partial charge on any atom is 0.356 e. The van der Waals surface area contributed by atoms with Gasteiger partial charge in [0.15, 0.2) is 0 Å². The van der Waals surface area contributed by atoms with Crippen molar-refractivity contribution in [3.63, 3.8) is 0 Å². The highest BCUT2D eigenvalue weighted by Gasteiger charge is 2.24. The first-order chi connectivity index (χ1) is 10.9. The molecule has 0 N–H and O–H groups in total. The van der Waals surface area contributed by atoms with E-state index < -0.39 is 22.4 Å². The first-order valence-corrected chi connectivity index (χ1v) is 9.09. The normalized spacial score (nSPS) is 13.4. The first-order valence-electron chi connectivity index (χ1n) is 6.91. The van der Waals surface area contributed by atoms with Crippen molar-refractivity contribution in [2.75, 3.05) is 12.9 Å². The van der Waals surface area contributed by atoms with Crippen LogP contribution in [0.5, 0.6) is 0 Å². The molecule has 0 saturated heterocycles.